The van der Waals surface area contributed by atoms with Gasteiger partial charge in [0.15, 0.2) is 0 Å². The van der Waals surface area contributed by atoms with Crippen molar-refractivity contribution < 1.29 is 0 Å². The molecule has 0 aliphatic carbocycles. The molecule has 0 saturated heterocycles. The zero-order valence-electron chi connectivity index (χ0n) is 12.0. The maximum atomic E-state index is 9.28. The van der Waals surface area contributed by atoms with Gasteiger partial charge in [-0.3, -0.25) is 0 Å². The summed E-state index contributed by atoms with van der Waals surface area (Å²) in [6.45, 7) is 0. The van der Waals surface area contributed by atoms with Crippen LogP contribution in [0, 0.1) is 0 Å². The SMILES string of the molecule is [N-]=[N+]=N[PH](c1ccccc1)(c1ccccc1)c1ccccc1. The average molecular weight is 305 g/mol. The van der Waals surface area contributed by atoms with E-state index in [1.165, 1.54) is 0 Å². The Bertz CT molecular complexity index is 686. The molecule has 3 rings (SSSR count). The molecule has 0 fully saturated rings. The number of benzene rings is 3. The van der Waals surface area contributed by atoms with E-state index in [1.807, 2.05) is 54.6 Å². The molecular formula is C18H16N3P. The summed E-state index contributed by atoms with van der Waals surface area (Å²) < 4.78 is 0. The van der Waals surface area contributed by atoms with Crippen LogP contribution in [0.5, 0.6) is 0 Å². The summed E-state index contributed by atoms with van der Waals surface area (Å²) in [6, 6.07) is 30.3. The normalized spacial score (nSPS) is 11.5. The average Bonchev–Trinajstić information content (AvgIpc) is 2.62. The summed E-state index contributed by atoms with van der Waals surface area (Å²) in [5, 5.41) is 3.26. The summed E-state index contributed by atoms with van der Waals surface area (Å²) in [5.74, 6) is 0. The molecule has 3 aromatic rings. The van der Waals surface area contributed by atoms with Crippen molar-refractivity contribution in [2.45, 2.75) is 0 Å². The van der Waals surface area contributed by atoms with E-state index in [0.29, 0.717) is 0 Å². The molecule has 0 amide bonds. The first-order valence-electron chi connectivity index (χ1n) is 7.11. The molecule has 0 atom stereocenters. The third kappa shape index (κ3) is 2.48. The van der Waals surface area contributed by atoms with Gasteiger partial charge in [0.2, 0.25) is 0 Å². The molecule has 3 nitrogen and oxygen atoms in total. The standard InChI is InChI=1S/C18H16N3P/c19-20-21-22(16-10-4-1-5-11-16,17-12-6-2-7-13-17)18-14-8-3-9-15-18/h1-15,22H. The van der Waals surface area contributed by atoms with E-state index >= 15 is 0 Å². The van der Waals surface area contributed by atoms with E-state index in [2.05, 4.69) is 46.2 Å². The summed E-state index contributed by atoms with van der Waals surface area (Å²) in [7, 11) is -2.72. The molecule has 0 aliphatic heterocycles. The molecule has 0 unspecified atom stereocenters. The molecule has 108 valence electrons. The van der Waals surface area contributed by atoms with Gasteiger partial charge in [0, 0.05) is 0 Å². The van der Waals surface area contributed by atoms with Gasteiger partial charge in [-0.15, -0.1) is 0 Å². The Morgan fingerprint density at radius 3 is 1.18 bits per heavy atom. The van der Waals surface area contributed by atoms with Crippen LogP contribution in [0.15, 0.2) is 95.9 Å². The van der Waals surface area contributed by atoms with E-state index < -0.39 is 7.41 Å². The predicted molar refractivity (Wildman–Crippen MR) is 95.7 cm³/mol. The van der Waals surface area contributed by atoms with Crippen molar-refractivity contribution in [3.05, 3.63) is 101 Å². The fraction of sp³-hybridized carbons (Fsp3) is 0. The van der Waals surface area contributed by atoms with Crippen molar-refractivity contribution in [2.75, 3.05) is 0 Å². The van der Waals surface area contributed by atoms with Crippen molar-refractivity contribution in [2.24, 2.45) is 4.88 Å². The molecule has 0 N–H and O–H groups in total. The second kappa shape index (κ2) is 6.44. The number of rotatable bonds is 4. The number of hydrogen-bond acceptors (Lipinski definition) is 1. The zero-order chi connectivity index (χ0) is 15.3. The first-order chi connectivity index (χ1) is 10.9. The van der Waals surface area contributed by atoms with Crippen LogP contribution >= 0.6 is 7.41 Å². The van der Waals surface area contributed by atoms with Crippen LogP contribution in [0.25, 0.3) is 10.4 Å². The quantitative estimate of drug-likeness (QED) is 0.303. The van der Waals surface area contributed by atoms with Gasteiger partial charge in [0.25, 0.3) is 0 Å². The second-order valence-corrected chi connectivity index (χ2v) is 8.35. The molecular weight excluding hydrogens is 289 g/mol. The summed E-state index contributed by atoms with van der Waals surface area (Å²) in [4.78, 5) is 7.61. The summed E-state index contributed by atoms with van der Waals surface area (Å²) >= 11 is 0. The molecule has 0 bridgehead atoms. The molecule has 4 heteroatoms. The van der Waals surface area contributed by atoms with Crippen molar-refractivity contribution in [1.82, 2.24) is 0 Å². The van der Waals surface area contributed by atoms with Crippen LogP contribution in [0.3, 0.4) is 0 Å². The molecule has 0 saturated carbocycles. The zero-order valence-corrected chi connectivity index (χ0v) is 13.0. The third-order valence-corrected chi connectivity index (χ3v) is 7.67. The Kier molecular flexibility index (Phi) is 4.20. The maximum absolute atomic E-state index is 9.28. The minimum atomic E-state index is -2.72. The fourth-order valence-electron chi connectivity index (χ4n) is 2.78. The van der Waals surface area contributed by atoms with Crippen LogP contribution in [0.2, 0.25) is 0 Å². The van der Waals surface area contributed by atoms with E-state index in [9.17, 15) is 5.53 Å². The van der Waals surface area contributed by atoms with Crippen LogP contribution in [-0.4, -0.2) is 0 Å². The number of hydrogen-bond donors (Lipinski definition) is 0. The topological polar surface area (TPSA) is 48.8 Å². The van der Waals surface area contributed by atoms with E-state index in [0.717, 1.165) is 15.9 Å². The number of azide groups is 1. The first kappa shape index (κ1) is 14.3. The predicted octanol–water partition coefficient (Wildman–Crippen LogP) is 3.94. The van der Waals surface area contributed by atoms with E-state index in [-0.39, 0.29) is 0 Å². The van der Waals surface area contributed by atoms with Gasteiger partial charge in [-0.2, -0.15) is 0 Å². The van der Waals surface area contributed by atoms with Gasteiger partial charge < -0.3 is 0 Å². The van der Waals surface area contributed by atoms with Crippen LogP contribution in [-0.2, 0) is 0 Å². The van der Waals surface area contributed by atoms with Crippen LogP contribution in [0.1, 0.15) is 0 Å². The molecule has 0 aromatic heterocycles. The molecule has 0 spiro atoms. The van der Waals surface area contributed by atoms with Gasteiger partial charge in [-0.1, -0.05) is 0 Å². The Morgan fingerprint density at radius 1 is 0.591 bits per heavy atom. The molecule has 22 heavy (non-hydrogen) atoms. The van der Waals surface area contributed by atoms with Crippen LogP contribution in [0.4, 0.5) is 0 Å². The Balaban J connectivity index is 2.37. The van der Waals surface area contributed by atoms with E-state index in [4.69, 9.17) is 0 Å². The Morgan fingerprint density at radius 2 is 0.909 bits per heavy atom. The second-order valence-electron chi connectivity index (χ2n) is 5.00. The summed E-state index contributed by atoms with van der Waals surface area (Å²) in [5.41, 5.74) is 9.28. The first-order valence-corrected chi connectivity index (χ1v) is 9.05. The van der Waals surface area contributed by atoms with Gasteiger partial charge in [0.05, 0.1) is 0 Å². The number of nitrogens with zero attached hydrogens (tertiary/aromatic N) is 3. The third-order valence-electron chi connectivity index (χ3n) is 3.77. The van der Waals surface area contributed by atoms with Crippen molar-refractivity contribution >= 4 is 23.3 Å². The Hall–Kier alpha value is -2.60. The Labute approximate surface area is 130 Å². The molecule has 0 heterocycles. The van der Waals surface area contributed by atoms with Gasteiger partial charge in [-0.25, -0.2) is 0 Å². The van der Waals surface area contributed by atoms with Crippen molar-refractivity contribution in [3.63, 3.8) is 0 Å². The van der Waals surface area contributed by atoms with Gasteiger partial charge >= 0.3 is 130 Å². The van der Waals surface area contributed by atoms with Crippen molar-refractivity contribution in [1.29, 1.82) is 0 Å². The van der Waals surface area contributed by atoms with Crippen molar-refractivity contribution in [3.8, 4) is 0 Å². The minimum absolute atomic E-state index is 1.09. The monoisotopic (exact) mass is 305 g/mol. The van der Waals surface area contributed by atoms with Gasteiger partial charge in [-0.05, 0) is 0 Å². The molecule has 0 aliphatic rings. The fourth-order valence-corrected chi connectivity index (χ4v) is 6.28. The summed E-state index contributed by atoms with van der Waals surface area (Å²) in [6.07, 6.45) is 0. The van der Waals surface area contributed by atoms with Gasteiger partial charge in [0.1, 0.15) is 0 Å². The molecule has 3 aromatic carbocycles. The van der Waals surface area contributed by atoms with E-state index in [1.54, 1.807) is 0 Å². The van der Waals surface area contributed by atoms with Crippen LogP contribution < -0.4 is 15.9 Å². The molecule has 0 radical (unpaired) electrons.